The lowest BCUT2D eigenvalue weighted by molar-refractivity contribution is 0.0969. The van der Waals surface area contributed by atoms with E-state index in [1.165, 1.54) is 0 Å². The number of hydrogen-bond acceptors (Lipinski definition) is 2. The summed E-state index contributed by atoms with van der Waals surface area (Å²) in [6.07, 6.45) is 2.63. The van der Waals surface area contributed by atoms with Crippen LogP contribution in [0.25, 0.3) is 0 Å². The van der Waals surface area contributed by atoms with Crippen LogP contribution in [-0.2, 0) is 6.42 Å². The van der Waals surface area contributed by atoms with Crippen molar-refractivity contribution < 1.29 is 9.53 Å². The van der Waals surface area contributed by atoms with Crippen molar-refractivity contribution in [3.63, 3.8) is 0 Å². The van der Waals surface area contributed by atoms with Crippen molar-refractivity contribution >= 4 is 5.78 Å². The van der Waals surface area contributed by atoms with Gasteiger partial charge in [-0.1, -0.05) is 6.07 Å². The molecule has 1 aromatic rings. The van der Waals surface area contributed by atoms with Crippen molar-refractivity contribution in [2.75, 3.05) is 7.11 Å². The van der Waals surface area contributed by atoms with Gasteiger partial charge in [-0.15, -0.1) is 0 Å². The van der Waals surface area contributed by atoms with E-state index >= 15 is 0 Å². The summed E-state index contributed by atoms with van der Waals surface area (Å²) in [4.78, 5) is 11.7. The number of hydrogen-bond donors (Lipinski definition) is 0. The fourth-order valence-electron chi connectivity index (χ4n) is 2.06. The molecule has 0 radical (unpaired) electrons. The Hall–Kier alpha value is -1.31. The van der Waals surface area contributed by atoms with Crippen molar-refractivity contribution in [2.24, 2.45) is 0 Å². The van der Waals surface area contributed by atoms with Gasteiger partial charge in [0.1, 0.15) is 5.75 Å². The highest BCUT2D eigenvalue weighted by Gasteiger charge is 2.21. The first kappa shape index (κ1) is 9.25. The first-order valence-electron chi connectivity index (χ1n) is 4.93. The van der Waals surface area contributed by atoms with E-state index in [-0.39, 0.29) is 5.78 Å². The lowest BCUT2D eigenvalue weighted by atomic mass is 9.89. The van der Waals surface area contributed by atoms with E-state index in [2.05, 4.69) is 6.07 Å². The second kappa shape index (κ2) is 3.45. The van der Waals surface area contributed by atoms with Crippen molar-refractivity contribution in [3.05, 3.63) is 28.8 Å². The highest BCUT2D eigenvalue weighted by atomic mass is 16.5. The molecule has 0 spiro atoms. The van der Waals surface area contributed by atoms with E-state index in [0.29, 0.717) is 6.42 Å². The lowest BCUT2D eigenvalue weighted by Crippen LogP contribution is -2.12. The van der Waals surface area contributed by atoms with Gasteiger partial charge < -0.3 is 4.74 Å². The average Bonchev–Trinajstić information content (AvgIpc) is 2.16. The van der Waals surface area contributed by atoms with Gasteiger partial charge >= 0.3 is 0 Å². The lowest BCUT2D eigenvalue weighted by Gasteiger charge is -2.18. The molecule has 2 heteroatoms. The predicted molar refractivity (Wildman–Crippen MR) is 55.0 cm³/mol. The molecule has 0 bridgehead atoms. The maximum Gasteiger partial charge on any atom is 0.166 e. The number of rotatable bonds is 1. The molecule has 0 saturated heterocycles. The molecule has 0 saturated carbocycles. The van der Waals surface area contributed by atoms with Crippen LogP contribution in [-0.4, -0.2) is 12.9 Å². The molecular weight excluding hydrogens is 176 g/mol. The normalized spacial score (nSPS) is 15.1. The Morgan fingerprint density at radius 2 is 2.07 bits per heavy atom. The van der Waals surface area contributed by atoms with Gasteiger partial charge in [0.15, 0.2) is 5.78 Å². The minimum atomic E-state index is 0.225. The zero-order valence-electron chi connectivity index (χ0n) is 8.59. The van der Waals surface area contributed by atoms with E-state index in [1.54, 1.807) is 7.11 Å². The fraction of sp³-hybridized carbons (Fsp3) is 0.417. The van der Waals surface area contributed by atoms with Crippen LogP contribution < -0.4 is 4.74 Å². The van der Waals surface area contributed by atoms with Gasteiger partial charge in [-0.25, -0.2) is 0 Å². The second-order valence-corrected chi connectivity index (χ2v) is 3.78. The van der Waals surface area contributed by atoms with Crippen molar-refractivity contribution in [2.45, 2.75) is 26.2 Å². The topological polar surface area (TPSA) is 26.3 Å². The molecule has 0 fully saturated rings. The van der Waals surface area contributed by atoms with Crippen LogP contribution in [0.3, 0.4) is 0 Å². The summed E-state index contributed by atoms with van der Waals surface area (Å²) in [5.74, 6) is 0.966. The van der Waals surface area contributed by atoms with E-state index < -0.39 is 0 Å². The Kier molecular flexibility index (Phi) is 2.28. The Labute approximate surface area is 83.9 Å². The van der Waals surface area contributed by atoms with Crippen LogP contribution >= 0.6 is 0 Å². The summed E-state index contributed by atoms with van der Waals surface area (Å²) in [5, 5.41) is 0. The Morgan fingerprint density at radius 3 is 2.79 bits per heavy atom. The quantitative estimate of drug-likeness (QED) is 0.680. The molecule has 0 aromatic heterocycles. The number of ether oxygens (including phenoxy) is 1. The number of fused-ring (bicyclic) bond motifs is 1. The van der Waals surface area contributed by atoms with Crippen LogP contribution in [0.2, 0.25) is 0 Å². The first-order valence-corrected chi connectivity index (χ1v) is 4.93. The Bertz CT molecular complexity index is 363. The molecule has 0 aliphatic heterocycles. The number of methoxy groups -OCH3 is 1. The monoisotopic (exact) mass is 190 g/mol. The molecule has 2 rings (SSSR count). The van der Waals surface area contributed by atoms with Gasteiger partial charge in [0.25, 0.3) is 0 Å². The first-order chi connectivity index (χ1) is 6.72. The van der Waals surface area contributed by atoms with Gasteiger partial charge in [-0.05, 0) is 37.0 Å². The molecule has 1 aromatic carbocycles. The summed E-state index contributed by atoms with van der Waals surface area (Å²) in [6, 6.07) is 4.02. The van der Waals surface area contributed by atoms with Crippen molar-refractivity contribution in [3.8, 4) is 5.75 Å². The smallest absolute Gasteiger partial charge is 0.166 e. The minimum Gasteiger partial charge on any atom is -0.496 e. The maximum atomic E-state index is 11.7. The standard InChI is InChI=1S/C12H14O2/c1-8-6-9-4-3-5-10(13)12(9)11(7-8)14-2/h6-7H,3-5H2,1-2H3. The molecule has 0 atom stereocenters. The van der Waals surface area contributed by atoms with Gasteiger partial charge in [-0.3, -0.25) is 4.79 Å². The number of carbonyl (C=O) groups is 1. The SMILES string of the molecule is COc1cc(C)cc2c1C(=O)CCC2. The molecule has 14 heavy (non-hydrogen) atoms. The molecule has 1 aliphatic rings. The fourth-order valence-corrected chi connectivity index (χ4v) is 2.06. The number of Topliss-reactive ketones (excluding diaryl/α,β-unsaturated/α-hetero) is 1. The molecule has 0 heterocycles. The number of aryl methyl sites for hydroxylation is 2. The van der Waals surface area contributed by atoms with E-state index in [9.17, 15) is 4.79 Å². The molecule has 2 nitrogen and oxygen atoms in total. The average molecular weight is 190 g/mol. The summed E-state index contributed by atoms with van der Waals surface area (Å²) in [7, 11) is 1.62. The molecule has 1 aliphatic carbocycles. The third-order valence-electron chi connectivity index (χ3n) is 2.68. The largest absolute Gasteiger partial charge is 0.496 e. The van der Waals surface area contributed by atoms with Crippen molar-refractivity contribution in [1.82, 2.24) is 0 Å². The van der Waals surface area contributed by atoms with E-state index in [0.717, 1.165) is 35.3 Å². The van der Waals surface area contributed by atoms with E-state index in [4.69, 9.17) is 4.74 Å². The molecule has 0 unspecified atom stereocenters. The van der Waals surface area contributed by atoms with Gasteiger partial charge in [-0.2, -0.15) is 0 Å². The summed E-state index contributed by atoms with van der Waals surface area (Å²) in [6.45, 7) is 2.03. The summed E-state index contributed by atoms with van der Waals surface area (Å²) >= 11 is 0. The second-order valence-electron chi connectivity index (χ2n) is 3.78. The predicted octanol–water partition coefficient (Wildman–Crippen LogP) is 2.52. The molecule has 74 valence electrons. The van der Waals surface area contributed by atoms with Crippen LogP contribution in [0, 0.1) is 6.92 Å². The van der Waals surface area contributed by atoms with Gasteiger partial charge in [0.2, 0.25) is 0 Å². The highest BCUT2D eigenvalue weighted by Crippen LogP contribution is 2.30. The third-order valence-corrected chi connectivity index (χ3v) is 2.68. The molecule has 0 N–H and O–H groups in total. The molecular formula is C12H14O2. The maximum absolute atomic E-state index is 11.7. The summed E-state index contributed by atoms with van der Waals surface area (Å²) < 4.78 is 5.24. The van der Waals surface area contributed by atoms with Gasteiger partial charge in [0.05, 0.1) is 12.7 Å². The minimum absolute atomic E-state index is 0.225. The zero-order chi connectivity index (χ0) is 10.1. The number of benzene rings is 1. The van der Waals surface area contributed by atoms with Crippen LogP contribution in [0.1, 0.15) is 34.3 Å². The Balaban J connectivity index is 2.61. The molecule has 0 amide bonds. The summed E-state index contributed by atoms with van der Waals surface area (Å²) in [5.41, 5.74) is 3.12. The van der Waals surface area contributed by atoms with Crippen LogP contribution in [0.4, 0.5) is 0 Å². The highest BCUT2D eigenvalue weighted by molar-refractivity contribution is 6.01. The zero-order valence-corrected chi connectivity index (χ0v) is 8.59. The number of carbonyl (C=O) groups excluding carboxylic acids is 1. The van der Waals surface area contributed by atoms with Gasteiger partial charge in [0, 0.05) is 6.42 Å². The number of ketones is 1. The van der Waals surface area contributed by atoms with E-state index in [1.807, 2.05) is 13.0 Å². The Morgan fingerprint density at radius 1 is 1.29 bits per heavy atom. The van der Waals surface area contributed by atoms with Crippen molar-refractivity contribution in [1.29, 1.82) is 0 Å². The van der Waals surface area contributed by atoms with Crippen LogP contribution in [0.15, 0.2) is 12.1 Å². The van der Waals surface area contributed by atoms with Crippen LogP contribution in [0.5, 0.6) is 5.75 Å². The third kappa shape index (κ3) is 1.41.